The van der Waals surface area contributed by atoms with Gasteiger partial charge in [0.1, 0.15) is 5.75 Å². The lowest BCUT2D eigenvalue weighted by molar-refractivity contribution is 0.420. The van der Waals surface area contributed by atoms with E-state index in [1.165, 1.54) is 11.3 Å². The van der Waals surface area contributed by atoms with Crippen molar-refractivity contribution in [2.75, 3.05) is 12.8 Å². The van der Waals surface area contributed by atoms with E-state index >= 15 is 0 Å². The van der Waals surface area contributed by atoms with Crippen LogP contribution in [0.1, 0.15) is 0 Å². The van der Waals surface area contributed by atoms with Gasteiger partial charge in [-0.05, 0) is 18.2 Å². The summed E-state index contributed by atoms with van der Waals surface area (Å²) in [6.45, 7) is 0. The molecule has 0 atom stereocenters. The van der Waals surface area contributed by atoms with Crippen LogP contribution in [-0.2, 0) is 0 Å². The van der Waals surface area contributed by atoms with Gasteiger partial charge in [-0.1, -0.05) is 0 Å². The van der Waals surface area contributed by atoms with E-state index in [2.05, 4.69) is 12.6 Å². The summed E-state index contributed by atoms with van der Waals surface area (Å²) in [6, 6.07) is 5.74. The second kappa shape index (κ2) is 3.12. The number of hydrogen-bond donors (Lipinski definition) is 2. The van der Waals surface area contributed by atoms with Crippen molar-refractivity contribution >= 4 is 39.1 Å². The summed E-state index contributed by atoms with van der Waals surface area (Å²) >= 11 is 5.87. The van der Waals surface area contributed by atoms with Crippen LogP contribution < -0.4 is 10.5 Å². The lowest BCUT2D eigenvalue weighted by atomic mass is 10.2. The Kier molecular flexibility index (Phi) is 2.09. The van der Waals surface area contributed by atoms with Crippen molar-refractivity contribution in [2.45, 2.75) is 4.90 Å². The van der Waals surface area contributed by atoms with Crippen LogP contribution in [0.4, 0.5) is 5.00 Å². The molecule has 0 spiro atoms. The molecule has 68 valence electrons. The van der Waals surface area contributed by atoms with Gasteiger partial charge in [-0.2, -0.15) is 0 Å². The summed E-state index contributed by atoms with van der Waals surface area (Å²) in [5, 5.41) is 1.85. The number of thiol groups is 1. The highest BCUT2D eigenvalue weighted by molar-refractivity contribution is 7.80. The molecule has 1 aromatic carbocycles. The average Bonchev–Trinajstić information content (AvgIpc) is 2.48. The molecule has 1 heterocycles. The van der Waals surface area contributed by atoms with E-state index < -0.39 is 0 Å². The van der Waals surface area contributed by atoms with Crippen LogP contribution in [0.25, 0.3) is 10.1 Å². The Labute approximate surface area is 85.7 Å². The standard InChI is InChI=1S/C9H9NOS2/c1-11-6-2-3-7(12)5-4-8(10)13-9(5)6/h2-4,12H,10H2,1H3. The van der Waals surface area contributed by atoms with Crippen LogP contribution in [0.5, 0.6) is 5.75 Å². The first-order chi connectivity index (χ1) is 6.22. The van der Waals surface area contributed by atoms with E-state index in [-0.39, 0.29) is 0 Å². The van der Waals surface area contributed by atoms with Crippen molar-refractivity contribution in [2.24, 2.45) is 0 Å². The van der Waals surface area contributed by atoms with Gasteiger partial charge in [-0.3, -0.25) is 0 Å². The van der Waals surface area contributed by atoms with Crippen molar-refractivity contribution in [1.82, 2.24) is 0 Å². The van der Waals surface area contributed by atoms with Crippen LogP contribution in [0.3, 0.4) is 0 Å². The lowest BCUT2D eigenvalue weighted by Crippen LogP contribution is -1.81. The van der Waals surface area contributed by atoms with Crippen molar-refractivity contribution < 1.29 is 4.74 Å². The van der Waals surface area contributed by atoms with Gasteiger partial charge in [0.2, 0.25) is 0 Å². The SMILES string of the molecule is COc1ccc(S)c2cc(N)sc12. The smallest absolute Gasteiger partial charge is 0.136 e. The van der Waals surface area contributed by atoms with Gasteiger partial charge >= 0.3 is 0 Å². The predicted molar refractivity (Wildman–Crippen MR) is 60.0 cm³/mol. The summed E-state index contributed by atoms with van der Waals surface area (Å²) in [7, 11) is 1.66. The molecule has 2 nitrogen and oxygen atoms in total. The number of hydrogen-bond acceptors (Lipinski definition) is 4. The van der Waals surface area contributed by atoms with Crippen molar-refractivity contribution in [3.05, 3.63) is 18.2 Å². The number of nitrogen functional groups attached to an aromatic ring is 1. The highest BCUT2D eigenvalue weighted by Gasteiger charge is 2.07. The maximum absolute atomic E-state index is 5.71. The van der Waals surface area contributed by atoms with Crippen molar-refractivity contribution in [3.63, 3.8) is 0 Å². The molecule has 2 rings (SSSR count). The summed E-state index contributed by atoms with van der Waals surface area (Å²) in [6.07, 6.45) is 0. The summed E-state index contributed by atoms with van der Waals surface area (Å²) in [4.78, 5) is 0.934. The molecule has 0 saturated heterocycles. The van der Waals surface area contributed by atoms with Crippen LogP contribution in [0, 0.1) is 0 Å². The predicted octanol–water partition coefficient (Wildman–Crippen LogP) is 2.78. The molecule has 0 fully saturated rings. The normalized spacial score (nSPS) is 10.6. The Hall–Kier alpha value is -0.870. The largest absolute Gasteiger partial charge is 0.495 e. The van der Waals surface area contributed by atoms with E-state index in [0.29, 0.717) is 0 Å². The number of fused-ring (bicyclic) bond motifs is 1. The third kappa shape index (κ3) is 1.36. The lowest BCUT2D eigenvalue weighted by Gasteiger charge is -2.01. The zero-order valence-corrected chi connectivity index (χ0v) is 8.78. The molecule has 0 saturated carbocycles. The van der Waals surface area contributed by atoms with Crippen LogP contribution in [0.15, 0.2) is 23.1 Å². The molecule has 2 N–H and O–H groups in total. The van der Waals surface area contributed by atoms with Gasteiger partial charge in [0.15, 0.2) is 0 Å². The Morgan fingerprint density at radius 2 is 2.23 bits per heavy atom. The topological polar surface area (TPSA) is 35.2 Å². The molecule has 0 aliphatic carbocycles. The minimum Gasteiger partial charge on any atom is -0.495 e. The second-order valence-electron chi connectivity index (χ2n) is 2.68. The third-order valence-corrected chi connectivity index (χ3v) is 3.23. The fourth-order valence-corrected chi connectivity index (χ4v) is 2.53. The molecule has 0 radical (unpaired) electrons. The van der Waals surface area contributed by atoms with Gasteiger partial charge in [0.05, 0.1) is 16.8 Å². The molecule has 0 unspecified atom stereocenters. The van der Waals surface area contributed by atoms with E-state index in [1.54, 1.807) is 7.11 Å². The number of methoxy groups -OCH3 is 1. The number of nitrogens with two attached hydrogens (primary N) is 1. The Bertz CT molecular complexity index is 450. The van der Waals surface area contributed by atoms with E-state index in [0.717, 1.165) is 25.7 Å². The first kappa shape index (κ1) is 8.72. The van der Waals surface area contributed by atoms with Gasteiger partial charge in [-0.25, -0.2) is 0 Å². The highest BCUT2D eigenvalue weighted by Crippen LogP contribution is 2.38. The fourth-order valence-electron chi connectivity index (χ4n) is 1.26. The Morgan fingerprint density at radius 1 is 1.46 bits per heavy atom. The van der Waals surface area contributed by atoms with Gasteiger partial charge in [-0.15, -0.1) is 24.0 Å². The number of rotatable bonds is 1. The molecule has 0 amide bonds. The minimum atomic E-state index is 0.787. The molecular weight excluding hydrogens is 202 g/mol. The average molecular weight is 211 g/mol. The zero-order valence-electron chi connectivity index (χ0n) is 7.07. The third-order valence-electron chi connectivity index (χ3n) is 1.86. The maximum atomic E-state index is 5.71. The number of anilines is 1. The molecule has 2 aromatic rings. The first-order valence-corrected chi connectivity index (χ1v) is 5.03. The van der Waals surface area contributed by atoms with Gasteiger partial charge in [0.25, 0.3) is 0 Å². The molecule has 13 heavy (non-hydrogen) atoms. The quantitative estimate of drug-likeness (QED) is 0.711. The Balaban J connectivity index is 2.83. The van der Waals surface area contributed by atoms with Crippen molar-refractivity contribution in [1.29, 1.82) is 0 Å². The molecule has 0 aliphatic rings. The first-order valence-electron chi connectivity index (χ1n) is 3.77. The van der Waals surface area contributed by atoms with Gasteiger partial charge in [0, 0.05) is 10.3 Å². The summed E-state index contributed by atoms with van der Waals surface area (Å²) < 4.78 is 6.28. The maximum Gasteiger partial charge on any atom is 0.136 e. The summed E-state index contributed by atoms with van der Waals surface area (Å²) in [5.74, 6) is 0.856. The zero-order chi connectivity index (χ0) is 9.42. The number of thiophene rings is 1. The van der Waals surface area contributed by atoms with E-state index in [9.17, 15) is 0 Å². The molecule has 4 heteroatoms. The van der Waals surface area contributed by atoms with Crippen molar-refractivity contribution in [3.8, 4) is 5.75 Å². The number of benzene rings is 1. The van der Waals surface area contributed by atoms with Crippen LogP contribution >= 0.6 is 24.0 Å². The van der Waals surface area contributed by atoms with E-state index in [1.807, 2.05) is 18.2 Å². The second-order valence-corrected chi connectivity index (χ2v) is 4.24. The van der Waals surface area contributed by atoms with Crippen LogP contribution in [-0.4, -0.2) is 7.11 Å². The summed E-state index contributed by atoms with van der Waals surface area (Å²) in [5.41, 5.74) is 5.71. The molecule has 0 bridgehead atoms. The minimum absolute atomic E-state index is 0.787. The van der Waals surface area contributed by atoms with E-state index in [4.69, 9.17) is 10.5 Å². The van der Waals surface area contributed by atoms with Crippen LogP contribution in [0.2, 0.25) is 0 Å². The van der Waals surface area contributed by atoms with Gasteiger partial charge < -0.3 is 10.5 Å². The number of ether oxygens (including phenoxy) is 1. The molecular formula is C9H9NOS2. The monoisotopic (exact) mass is 211 g/mol. The Morgan fingerprint density at radius 3 is 2.92 bits per heavy atom. The fraction of sp³-hybridized carbons (Fsp3) is 0.111. The molecule has 1 aromatic heterocycles. The highest BCUT2D eigenvalue weighted by atomic mass is 32.1. The molecule has 0 aliphatic heterocycles.